The van der Waals surface area contributed by atoms with Gasteiger partial charge in [0.15, 0.2) is 0 Å². The Bertz CT molecular complexity index is 1140. The maximum atomic E-state index is 5.63. The molecule has 1 atom stereocenters. The SMILES string of the molecule is Cc1ccc(-c2cc(N3CCOCC3C)nc3c(-c4ccn[nH]4)nccc23)cn1. The van der Waals surface area contributed by atoms with Crippen molar-refractivity contribution in [3.63, 3.8) is 0 Å². The fraction of sp³-hybridized carbons (Fsp3) is 0.273. The van der Waals surface area contributed by atoms with Crippen LogP contribution in [0.15, 0.2) is 48.9 Å². The van der Waals surface area contributed by atoms with Gasteiger partial charge in [0.25, 0.3) is 0 Å². The van der Waals surface area contributed by atoms with Crippen molar-refractivity contribution in [2.24, 2.45) is 0 Å². The van der Waals surface area contributed by atoms with Gasteiger partial charge in [-0.15, -0.1) is 0 Å². The summed E-state index contributed by atoms with van der Waals surface area (Å²) < 4.78 is 5.63. The number of nitrogens with zero attached hydrogens (tertiary/aromatic N) is 5. The summed E-state index contributed by atoms with van der Waals surface area (Å²) in [6, 6.07) is 10.5. The molecule has 1 aliphatic rings. The Kier molecular flexibility index (Phi) is 4.44. The van der Waals surface area contributed by atoms with Crippen LogP contribution in [-0.4, -0.2) is 50.9 Å². The van der Waals surface area contributed by atoms with Crippen molar-refractivity contribution in [2.75, 3.05) is 24.7 Å². The average molecular weight is 386 g/mol. The fourth-order valence-corrected chi connectivity index (χ4v) is 3.80. The smallest absolute Gasteiger partial charge is 0.130 e. The molecule has 1 N–H and O–H groups in total. The van der Waals surface area contributed by atoms with Gasteiger partial charge in [-0.1, -0.05) is 6.07 Å². The van der Waals surface area contributed by atoms with E-state index in [1.165, 1.54) is 0 Å². The molecule has 1 saturated heterocycles. The van der Waals surface area contributed by atoms with Gasteiger partial charge in [0.2, 0.25) is 0 Å². The molecule has 146 valence electrons. The predicted molar refractivity (Wildman–Crippen MR) is 113 cm³/mol. The molecule has 5 rings (SSSR count). The van der Waals surface area contributed by atoms with Crippen LogP contribution in [0.1, 0.15) is 12.6 Å². The highest BCUT2D eigenvalue weighted by atomic mass is 16.5. The molecular formula is C22H22N6O. The van der Waals surface area contributed by atoms with E-state index >= 15 is 0 Å². The van der Waals surface area contributed by atoms with E-state index < -0.39 is 0 Å². The number of morpholine rings is 1. The van der Waals surface area contributed by atoms with E-state index in [0.717, 1.165) is 51.5 Å². The Labute approximate surface area is 168 Å². The first-order valence-electron chi connectivity index (χ1n) is 9.77. The Hall–Kier alpha value is -3.32. The summed E-state index contributed by atoms with van der Waals surface area (Å²) in [6.07, 6.45) is 5.48. The molecule has 7 nitrogen and oxygen atoms in total. The number of H-pyrrole nitrogens is 1. The highest BCUT2D eigenvalue weighted by Gasteiger charge is 2.23. The van der Waals surface area contributed by atoms with Crippen molar-refractivity contribution >= 4 is 16.7 Å². The molecule has 5 heterocycles. The number of hydrogen-bond donors (Lipinski definition) is 1. The molecule has 1 aliphatic heterocycles. The van der Waals surface area contributed by atoms with E-state index in [2.05, 4.69) is 44.1 Å². The zero-order chi connectivity index (χ0) is 19.8. The molecule has 0 aliphatic carbocycles. The number of anilines is 1. The highest BCUT2D eigenvalue weighted by molar-refractivity contribution is 6.01. The van der Waals surface area contributed by atoms with Gasteiger partial charge in [-0.2, -0.15) is 5.10 Å². The summed E-state index contributed by atoms with van der Waals surface area (Å²) in [4.78, 5) is 16.5. The summed E-state index contributed by atoms with van der Waals surface area (Å²) in [6.45, 7) is 6.37. The average Bonchev–Trinajstić information content (AvgIpc) is 3.28. The van der Waals surface area contributed by atoms with Crippen LogP contribution in [0.5, 0.6) is 0 Å². The monoisotopic (exact) mass is 386 g/mol. The maximum Gasteiger partial charge on any atom is 0.130 e. The van der Waals surface area contributed by atoms with Crippen LogP contribution in [-0.2, 0) is 4.74 Å². The Morgan fingerprint density at radius 1 is 1.14 bits per heavy atom. The number of ether oxygens (including phenoxy) is 1. The first-order valence-corrected chi connectivity index (χ1v) is 9.77. The Balaban J connectivity index is 1.77. The second-order valence-corrected chi connectivity index (χ2v) is 7.36. The van der Waals surface area contributed by atoms with Gasteiger partial charge in [0.1, 0.15) is 17.0 Å². The molecular weight excluding hydrogens is 364 g/mol. The molecule has 0 amide bonds. The largest absolute Gasteiger partial charge is 0.377 e. The summed E-state index contributed by atoms with van der Waals surface area (Å²) in [5.41, 5.74) is 5.65. The van der Waals surface area contributed by atoms with Gasteiger partial charge in [-0.25, -0.2) is 4.98 Å². The molecule has 4 aromatic rings. The van der Waals surface area contributed by atoms with Crippen molar-refractivity contribution in [2.45, 2.75) is 19.9 Å². The summed E-state index contributed by atoms with van der Waals surface area (Å²) in [7, 11) is 0. The van der Waals surface area contributed by atoms with Crippen molar-refractivity contribution in [3.05, 3.63) is 54.6 Å². The van der Waals surface area contributed by atoms with Crippen LogP contribution in [0.3, 0.4) is 0 Å². The highest BCUT2D eigenvalue weighted by Crippen LogP contribution is 2.35. The van der Waals surface area contributed by atoms with Crippen LogP contribution >= 0.6 is 0 Å². The van der Waals surface area contributed by atoms with Gasteiger partial charge in [-0.3, -0.25) is 15.1 Å². The lowest BCUT2D eigenvalue weighted by molar-refractivity contribution is 0.0986. The molecule has 29 heavy (non-hydrogen) atoms. The third kappa shape index (κ3) is 3.23. The molecule has 4 aromatic heterocycles. The van der Waals surface area contributed by atoms with E-state index in [4.69, 9.17) is 9.72 Å². The lowest BCUT2D eigenvalue weighted by Gasteiger charge is -2.34. The maximum absolute atomic E-state index is 5.63. The fourth-order valence-electron chi connectivity index (χ4n) is 3.80. The summed E-state index contributed by atoms with van der Waals surface area (Å²) >= 11 is 0. The van der Waals surface area contributed by atoms with Gasteiger partial charge in [-0.05, 0) is 43.7 Å². The predicted octanol–water partition coefficient (Wildman–Crippen LogP) is 3.62. The number of aromatic nitrogens is 5. The number of pyridine rings is 3. The third-order valence-corrected chi connectivity index (χ3v) is 5.35. The van der Waals surface area contributed by atoms with Gasteiger partial charge >= 0.3 is 0 Å². The van der Waals surface area contributed by atoms with Crippen molar-refractivity contribution in [1.29, 1.82) is 0 Å². The molecule has 0 spiro atoms. The number of aryl methyl sites for hydroxylation is 1. The van der Waals surface area contributed by atoms with Gasteiger partial charge in [0.05, 0.1) is 24.9 Å². The van der Waals surface area contributed by atoms with Crippen LogP contribution in [0.4, 0.5) is 5.82 Å². The van der Waals surface area contributed by atoms with Gasteiger partial charge in [0, 0.05) is 41.8 Å². The minimum atomic E-state index is 0.255. The summed E-state index contributed by atoms with van der Waals surface area (Å²) in [5.74, 6) is 0.928. The Morgan fingerprint density at radius 3 is 2.83 bits per heavy atom. The van der Waals surface area contributed by atoms with Crippen LogP contribution < -0.4 is 4.90 Å². The lowest BCUT2D eigenvalue weighted by Crippen LogP contribution is -2.44. The minimum Gasteiger partial charge on any atom is -0.377 e. The molecule has 7 heteroatoms. The van der Waals surface area contributed by atoms with E-state index in [-0.39, 0.29) is 6.04 Å². The second-order valence-electron chi connectivity index (χ2n) is 7.36. The van der Waals surface area contributed by atoms with Gasteiger partial charge < -0.3 is 9.64 Å². The first kappa shape index (κ1) is 17.8. The zero-order valence-corrected chi connectivity index (χ0v) is 16.5. The molecule has 0 aromatic carbocycles. The molecule has 1 unspecified atom stereocenters. The number of rotatable bonds is 3. The van der Waals surface area contributed by atoms with Crippen molar-refractivity contribution in [1.82, 2.24) is 25.1 Å². The Morgan fingerprint density at radius 2 is 2.07 bits per heavy atom. The number of nitrogens with one attached hydrogen (secondary N) is 1. The molecule has 0 radical (unpaired) electrons. The van der Waals surface area contributed by atoms with E-state index in [9.17, 15) is 0 Å². The van der Waals surface area contributed by atoms with E-state index in [1.807, 2.05) is 37.5 Å². The standard InChI is InChI=1S/C22H22N6O/c1-14-3-4-16(12-24-14)18-11-20(28-9-10-29-13-15(28)2)26-21-17(18)5-7-23-22(21)19-6-8-25-27-19/h3-8,11-12,15H,9-10,13H2,1-2H3,(H,25,27). The number of aromatic amines is 1. The molecule has 1 fully saturated rings. The molecule has 0 saturated carbocycles. The number of fused-ring (bicyclic) bond motifs is 1. The van der Waals surface area contributed by atoms with Crippen LogP contribution in [0.2, 0.25) is 0 Å². The normalized spacial score (nSPS) is 17.0. The second kappa shape index (κ2) is 7.25. The first-order chi connectivity index (χ1) is 14.2. The van der Waals surface area contributed by atoms with Crippen molar-refractivity contribution in [3.8, 4) is 22.5 Å². The molecule has 0 bridgehead atoms. The minimum absolute atomic E-state index is 0.255. The van der Waals surface area contributed by atoms with E-state index in [1.54, 1.807) is 6.20 Å². The number of hydrogen-bond acceptors (Lipinski definition) is 6. The van der Waals surface area contributed by atoms with Crippen molar-refractivity contribution < 1.29 is 4.74 Å². The van der Waals surface area contributed by atoms with Crippen LogP contribution in [0.25, 0.3) is 33.4 Å². The van der Waals surface area contributed by atoms with Crippen LogP contribution in [0, 0.1) is 6.92 Å². The zero-order valence-electron chi connectivity index (χ0n) is 16.5. The van der Waals surface area contributed by atoms with E-state index in [0.29, 0.717) is 13.2 Å². The quantitative estimate of drug-likeness (QED) is 0.579. The topological polar surface area (TPSA) is 79.8 Å². The lowest BCUT2D eigenvalue weighted by atomic mass is 10.0. The summed E-state index contributed by atoms with van der Waals surface area (Å²) in [5, 5.41) is 8.15. The third-order valence-electron chi connectivity index (χ3n) is 5.35.